The zero-order valence-corrected chi connectivity index (χ0v) is 22.2. The van der Waals surface area contributed by atoms with Crippen molar-refractivity contribution in [3.63, 3.8) is 0 Å². The van der Waals surface area contributed by atoms with Gasteiger partial charge in [-0.25, -0.2) is 18.2 Å². The molecule has 0 N–H and O–H groups in total. The molecule has 0 heterocycles. The van der Waals surface area contributed by atoms with Gasteiger partial charge in [-0.05, 0) is 0 Å². The topological polar surface area (TPSA) is 0 Å². The Kier molecular flexibility index (Phi) is 20.6. The van der Waals surface area contributed by atoms with Crippen LogP contribution >= 0.6 is 0 Å². The maximum Gasteiger partial charge on any atom is 2.00 e. The number of aryl methyl sites for hydroxylation is 4. The van der Waals surface area contributed by atoms with Crippen molar-refractivity contribution in [3.8, 4) is 0 Å². The average Bonchev–Trinajstić information content (AvgIpc) is 3.40. The summed E-state index contributed by atoms with van der Waals surface area (Å²) in [7, 11) is 0. The van der Waals surface area contributed by atoms with Crippen LogP contribution in [0.5, 0.6) is 0 Å². The summed E-state index contributed by atoms with van der Waals surface area (Å²) in [5, 5.41) is 0. The SMILES string of the molecule is CCCCCc1cc(CCCCC)c(CCCCC)[cH-]1.CCCCCc1ccc[cH-]1.[Fe+2]. The molecule has 0 bridgehead atoms. The van der Waals surface area contributed by atoms with E-state index in [-0.39, 0.29) is 17.1 Å². The van der Waals surface area contributed by atoms with Gasteiger partial charge in [-0.3, -0.25) is 0 Å². The molecule has 0 radical (unpaired) electrons. The molecule has 0 aliphatic rings. The molecule has 0 spiro atoms. The van der Waals surface area contributed by atoms with E-state index in [4.69, 9.17) is 0 Å². The number of hydrogen-bond donors (Lipinski definition) is 0. The fourth-order valence-electron chi connectivity index (χ4n) is 4.15. The molecular weight excluding hydrogens is 416 g/mol. The van der Waals surface area contributed by atoms with Crippen molar-refractivity contribution in [1.29, 1.82) is 0 Å². The first kappa shape index (κ1) is 30.2. The minimum absolute atomic E-state index is 0. The van der Waals surface area contributed by atoms with Crippen LogP contribution in [-0.4, -0.2) is 0 Å². The summed E-state index contributed by atoms with van der Waals surface area (Å²) in [6.07, 6.45) is 21.4. The molecule has 0 unspecified atom stereocenters. The van der Waals surface area contributed by atoms with E-state index in [0.717, 1.165) is 0 Å². The van der Waals surface area contributed by atoms with Crippen LogP contribution in [0.4, 0.5) is 0 Å². The van der Waals surface area contributed by atoms with Crippen LogP contribution in [0.25, 0.3) is 0 Å². The molecule has 2 aromatic rings. The van der Waals surface area contributed by atoms with Gasteiger partial charge in [0.15, 0.2) is 0 Å². The average molecular weight is 467 g/mol. The Hall–Kier alpha value is -0.781. The largest absolute Gasteiger partial charge is 2.00 e. The van der Waals surface area contributed by atoms with Gasteiger partial charge in [0.2, 0.25) is 0 Å². The van der Waals surface area contributed by atoms with Crippen LogP contribution in [0.2, 0.25) is 0 Å². The second-order valence-corrected chi connectivity index (χ2v) is 9.04. The van der Waals surface area contributed by atoms with Crippen molar-refractivity contribution in [1.82, 2.24) is 0 Å². The Balaban J connectivity index is 0.000000688. The summed E-state index contributed by atoms with van der Waals surface area (Å²) in [6.45, 7) is 9.12. The predicted molar refractivity (Wildman–Crippen MR) is 137 cm³/mol. The molecule has 0 saturated heterocycles. The number of rotatable bonds is 16. The minimum Gasteiger partial charge on any atom is -0.213 e. The van der Waals surface area contributed by atoms with Crippen LogP contribution in [0.3, 0.4) is 0 Å². The van der Waals surface area contributed by atoms with Crippen molar-refractivity contribution in [2.75, 3.05) is 0 Å². The Labute approximate surface area is 205 Å². The first-order valence-electron chi connectivity index (χ1n) is 13.2. The molecule has 2 aromatic carbocycles. The number of hydrogen-bond acceptors (Lipinski definition) is 0. The van der Waals surface area contributed by atoms with E-state index in [2.05, 4.69) is 64.1 Å². The van der Waals surface area contributed by atoms with Crippen LogP contribution in [0, 0.1) is 0 Å². The molecule has 0 saturated carbocycles. The van der Waals surface area contributed by atoms with Crippen molar-refractivity contribution in [2.24, 2.45) is 0 Å². The molecule has 0 aliphatic carbocycles. The quantitative estimate of drug-likeness (QED) is 0.131. The molecule has 0 atom stereocenters. The van der Waals surface area contributed by atoms with E-state index in [0.29, 0.717) is 0 Å². The van der Waals surface area contributed by atoms with Gasteiger partial charge in [0.05, 0.1) is 0 Å². The van der Waals surface area contributed by atoms with Gasteiger partial charge in [0.25, 0.3) is 0 Å². The molecule has 0 amide bonds. The number of unbranched alkanes of at least 4 members (excludes halogenated alkanes) is 8. The second kappa shape index (κ2) is 21.1. The van der Waals surface area contributed by atoms with Crippen LogP contribution in [0.15, 0.2) is 36.4 Å². The summed E-state index contributed by atoms with van der Waals surface area (Å²) in [6, 6.07) is 13.7. The van der Waals surface area contributed by atoms with E-state index >= 15 is 0 Å². The summed E-state index contributed by atoms with van der Waals surface area (Å²) >= 11 is 0. The van der Waals surface area contributed by atoms with E-state index in [9.17, 15) is 0 Å². The molecule has 0 nitrogen and oxygen atoms in total. The predicted octanol–water partition coefficient (Wildman–Crippen LogP) is 9.74. The summed E-state index contributed by atoms with van der Waals surface area (Å²) < 4.78 is 0. The fraction of sp³-hybridized carbons (Fsp3) is 0.667. The molecular formula is C30H50Fe. The third-order valence-electron chi connectivity index (χ3n) is 6.10. The zero-order valence-electron chi connectivity index (χ0n) is 21.1. The van der Waals surface area contributed by atoms with Crippen molar-refractivity contribution in [3.05, 3.63) is 58.7 Å². The van der Waals surface area contributed by atoms with E-state index < -0.39 is 0 Å². The van der Waals surface area contributed by atoms with Crippen molar-refractivity contribution in [2.45, 2.75) is 130 Å². The van der Waals surface area contributed by atoms with Gasteiger partial charge in [0, 0.05) is 0 Å². The first-order chi connectivity index (χ1) is 14.7. The van der Waals surface area contributed by atoms with E-state index in [1.54, 1.807) is 16.7 Å². The standard InChI is InChI=1S/C20H35.C10H15.Fe/c1-4-7-10-13-18-16-19(14-11-8-5-2)20(17-18)15-12-9-6-3;1-2-3-4-7-10-8-5-6-9-10;/h16-17H,4-15H2,1-3H3;5-6,8-9H,2-4,7H2,1H3;/q2*-1;+2. The van der Waals surface area contributed by atoms with E-state index in [1.165, 1.54) is 108 Å². The van der Waals surface area contributed by atoms with Gasteiger partial charge in [-0.15, -0.1) is 0 Å². The fourth-order valence-corrected chi connectivity index (χ4v) is 4.15. The first-order valence-corrected chi connectivity index (χ1v) is 13.2. The third kappa shape index (κ3) is 14.8. The Bertz CT molecular complexity index is 562. The zero-order chi connectivity index (χ0) is 21.9. The summed E-state index contributed by atoms with van der Waals surface area (Å²) in [5.41, 5.74) is 6.44. The van der Waals surface area contributed by atoms with Crippen LogP contribution in [-0.2, 0) is 42.8 Å². The minimum atomic E-state index is 0. The molecule has 0 aliphatic heterocycles. The van der Waals surface area contributed by atoms with Gasteiger partial charge in [-0.2, -0.15) is 40.5 Å². The van der Waals surface area contributed by atoms with Crippen LogP contribution < -0.4 is 0 Å². The Morgan fingerprint density at radius 2 is 1.13 bits per heavy atom. The molecule has 0 aromatic heterocycles. The van der Waals surface area contributed by atoms with Gasteiger partial charge >= 0.3 is 17.1 Å². The summed E-state index contributed by atoms with van der Waals surface area (Å²) in [4.78, 5) is 0. The Morgan fingerprint density at radius 1 is 0.613 bits per heavy atom. The smallest absolute Gasteiger partial charge is 0.213 e. The molecule has 0 fully saturated rings. The molecule has 1 heteroatoms. The van der Waals surface area contributed by atoms with Gasteiger partial charge < -0.3 is 0 Å². The second-order valence-electron chi connectivity index (χ2n) is 9.04. The Morgan fingerprint density at radius 3 is 1.65 bits per heavy atom. The monoisotopic (exact) mass is 466 g/mol. The van der Waals surface area contributed by atoms with Crippen LogP contribution in [0.1, 0.15) is 127 Å². The third-order valence-corrected chi connectivity index (χ3v) is 6.10. The molecule has 31 heavy (non-hydrogen) atoms. The van der Waals surface area contributed by atoms with Crippen molar-refractivity contribution >= 4 is 0 Å². The van der Waals surface area contributed by atoms with E-state index in [1.807, 2.05) is 0 Å². The van der Waals surface area contributed by atoms with Crippen molar-refractivity contribution < 1.29 is 17.1 Å². The van der Waals surface area contributed by atoms with Gasteiger partial charge in [-0.1, -0.05) is 130 Å². The maximum atomic E-state index is 2.52. The maximum absolute atomic E-state index is 2.52. The van der Waals surface area contributed by atoms with Gasteiger partial charge in [0.1, 0.15) is 0 Å². The molecule has 2 rings (SSSR count). The normalized spacial score (nSPS) is 10.5. The summed E-state index contributed by atoms with van der Waals surface area (Å²) in [5.74, 6) is 0. The molecule has 178 valence electrons.